The average Bonchev–Trinajstić information content (AvgIpc) is 2.65. The Hall–Kier alpha value is -2.59. The van der Waals surface area contributed by atoms with E-state index >= 15 is 0 Å². The van der Waals surface area contributed by atoms with Crippen LogP contribution in [-0.4, -0.2) is 26.5 Å². The minimum absolute atomic E-state index is 0.154. The fraction of sp³-hybridized carbons (Fsp3) is 0.318. The molecule has 2 aromatic carbocycles. The molecule has 26 heavy (non-hydrogen) atoms. The lowest BCUT2D eigenvalue weighted by molar-refractivity contribution is -0.136. The predicted molar refractivity (Wildman–Crippen MR) is 104 cm³/mol. The van der Waals surface area contributed by atoms with E-state index in [-0.39, 0.29) is 18.7 Å². The molecule has 0 heterocycles. The van der Waals surface area contributed by atoms with E-state index in [0.717, 1.165) is 16.7 Å². The molecule has 0 N–H and O–H groups in total. The molecule has 0 amide bonds. The Bertz CT molecular complexity index is 730. The van der Waals surface area contributed by atoms with Crippen LogP contribution in [0.5, 0.6) is 5.75 Å². The van der Waals surface area contributed by atoms with E-state index in [1.165, 1.54) is 0 Å². The van der Waals surface area contributed by atoms with E-state index in [4.69, 9.17) is 14.2 Å². The average molecular weight is 354 g/mol. The van der Waals surface area contributed by atoms with Crippen LogP contribution in [0.4, 0.5) is 0 Å². The molecule has 4 heteroatoms. The minimum atomic E-state index is -0.314. The van der Waals surface area contributed by atoms with Crippen molar-refractivity contribution in [1.29, 1.82) is 0 Å². The highest BCUT2D eigenvalue weighted by Crippen LogP contribution is 2.33. The predicted octanol–water partition coefficient (Wildman–Crippen LogP) is 4.80. The van der Waals surface area contributed by atoms with Crippen molar-refractivity contribution in [3.05, 3.63) is 65.7 Å². The number of carbonyl (C=O) groups excluding carboxylic acids is 1. The van der Waals surface area contributed by atoms with Gasteiger partial charge >= 0.3 is 5.97 Å². The summed E-state index contributed by atoms with van der Waals surface area (Å²) in [6, 6.07) is 17.4. The largest absolute Gasteiger partial charge is 0.468 e. The molecule has 0 saturated carbocycles. The molecular weight excluding hydrogens is 328 g/mol. The summed E-state index contributed by atoms with van der Waals surface area (Å²) in [5.74, 6) is 0.524. The summed E-state index contributed by atoms with van der Waals surface area (Å²) in [5, 5.41) is 0. The molecule has 0 aliphatic rings. The highest BCUT2D eigenvalue weighted by Gasteiger charge is 2.22. The third kappa shape index (κ3) is 4.96. The Morgan fingerprint density at radius 1 is 0.962 bits per heavy atom. The smallest absolute Gasteiger partial charge is 0.339 e. The van der Waals surface area contributed by atoms with Crippen molar-refractivity contribution in [2.75, 3.05) is 20.5 Å². The molecule has 0 atom stereocenters. The second-order valence-corrected chi connectivity index (χ2v) is 6.11. The van der Waals surface area contributed by atoms with Gasteiger partial charge in [0.15, 0.2) is 6.79 Å². The first-order valence-electron chi connectivity index (χ1n) is 8.77. The Kier molecular flexibility index (Phi) is 7.42. The van der Waals surface area contributed by atoms with Crippen molar-refractivity contribution in [2.24, 2.45) is 5.92 Å². The second kappa shape index (κ2) is 9.78. The highest BCUT2D eigenvalue weighted by molar-refractivity contribution is 6.24. The zero-order valence-electron chi connectivity index (χ0n) is 15.8. The first-order valence-corrected chi connectivity index (χ1v) is 8.77. The molecule has 0 unspecified atom stereocenters. The van der Waals surface area contributed by atoms with Gasteiger partial charge in [-0.3, -0.25) is 0 Å². The molecule has 0 aromatic heterocycles. The standard InChI is InChI=1S/C22H26O4/c1-5-25-22(23)21(18-11-13-19(14-12-18)26-15-24-4)20(16(2)3)17-9-7-6-8-10-17/h6-14,16H,5,15H2,1-4H3/b21-20+. The van der Waals surface area contributed by atoms with Crippen molar-refractivity contribution < 1.29 is 19.0 Å². The van der Waals surface area contributed by atoms with Crippen molar-refractivity contribution in [2.45, 2.75) is 20.8 Å². The summed E-state index contributed by atoms with van der Waals surface area (Å²) in [6.07, 6.45) is 0. The number of benzene rings is 2. The molecule has 2 aromatic rings. The van der Waals surface area contributed by atoms with Crippen molar-refractivity contribution in [1.82, 2.24) is 0 Å². The summed E-state index contributed by atoms with van der Waals surface area (Å²) in [4.78, 5) is 12.8. The summed E-state index contributed by atoms with van der Waals surface area (Å²) < 4.78 is 15.7. The van der Waals surface area contributed by atoms with Gasteiger partial charge in [-0.25, -0.2) is 4.79 Å². The third-order valence-electron chi connectivity index (χ3n) is 3.90. The lowest BCUT2D eigenvalue weighted by Crippen LogP contribution is -2.11. The number of methoxy groups -OCH3 is 1. The summed E-state index contributed by atoms with van der Waals surface area (Å²) in [7, 11) is 1.57. The fourth-order valence-corrected chi connectivity index (χ4v) is 2.82. The number of hydrogen-bond donors (Lipinski definition) is 0. The van der Waals surface area contributed by atoms with Gasteiger partial charge in [-0.2, -0.15) is 0 Å². The molecule has 0 fully saturated rings. The van der Waals surface area contributed by atoms with E-state index in [0.29, 0.717) is 17.9 Å². The SMILES string of the molecule is CCOC(=O)/C(=C(/c1ccccc1)C(C)C)c1ccc(OCOC)cc1. The summed E-state index contributed by atoms with van der Waals surface area (Å²) in [5.41, 5.74) is 3.38. The van der Waals surface area contributed by atoms with Gasteiger partial charge in [0.1, 0.15) is 5.75 Å². The van der Waals surface area contributed by atoms with Crippen LogP contribution in [0.25, 0.3) is 11.1 Å². The number of hydrogen-bond acceptors (Lipinski definition) is 4. The molecule has 0 radical (unpaired) electrons. The Morgan fingerprint density at radius 3 is 2.15 bits per heavy atom. The van der Waals surface area contributed by atoms with Gasteiger partial charge in [0.05, 0.1) is 12.2 Å². The number of ether oxygens (including phenoxy) is 3. The molecule has 0 aliphatic carbocycles. The van der Waals surface area contributed by atoms with Crippen molar-refractivity contribution in [3.63, 3.8) is 0 Å². The normalized spacial score (nSPS) is 11.9. The van der Waals surface area contributed by atoms with Crippen LogP contribution in [0, 0.1) is 5.92 Å². The quantitative estimate of drug-likeness (QED) is 0.296. The van der Waals surface area contributed by atoms with Gasteiger partial charge in [0.2, 0.25) is 0 Å². The number of rotatable bonds is 8. The van der Waals surface area contributed by atoms with Gasteiger partial charge in [0.25, 0.3) is 0 Å². The third-order valence-corrected chi connectivity index (χ3v) is 3.90. The molecule has 4 nitrogen and oxygen atoms in total. The van der Waals surface area contributed by atoms with Crippen LogP contribution in [0.3, 0.4) is 0 Å². The zero-order valence-corrected chi connectivity index (χ0v) is 15.8. The molecule has 0 aliphatic heterocycles. The maximum absolute atomic E-state index is 12.8. The monoisotopic (exact) mass is 354 g/mol. The minimum Gasteiger partial charge on any atom is -0.468 e. The zero-order chi connectivity index (χ0) is 18.9. The molecule has 2 rings (SSSR count). The van der Waals surface area contributed by atoms with Crippen molar-refractivity contribution in [3.8, 4) is 5.75 Å². The lowest BCUT2D eigenvalue weighted by Gasteiger charge is -2.19. The van der Waals surface area contributed by atoms with Crippen molar-refractivity contribution >= 4 is 17.1 Å². The van der Waals surface area contributed by atoms with E-state index in [2.05, 4.69) is 13.8 Å². The van der Waals surface area contributed by atoms with E-state index in [9.17, 15) is 4.79 Å². The van der Waals surface area contributed by atoms with E-state index in [1.54, 1.807) is 7.11 Å². The summed E-state index contributed by atoms with van der Waals surface area (Å²) in [6.45, 7) is 6.49. The van der Waals surface area contributed by atoms with Gasteiger partial charge in [-0.1, -0.05) is 56.3 Å². The van der Waals surface area contributed by atoms with Crippen LogP contribution < -0.4 is 4.74 Å². The van der Waals surface area contributed by atoms with Gasteiger partial charge < -0.3 is 14.2 Å². The van der Waals surface area contributed by atoms with E-state index in [1.807, 2.05) is 61.5 Å². The summed E-state index contributed by atoms with van der Waals surface area (Å²) >= 11 is 0. The van der Waals surface area contributed by atoms with Crippen LogP contribution in [-0.2, 0) is 14.3 Å². The highest BCUT2D eigenvalue weighted by atomic mass is 16.7. The Morgan fingerprint density at radius 2 is 1.62 bits per heavy atom. The van der Waals surface area contributed by atoms with Crippen LogP contribution in [0.1, 0.15) is 31.9 Å². The first kappa shape index (κ1) is 19.7. The maximum Gasteiger partial charge on any atom is 0.339 e. The number of carbonyl (C=O) groups is 1. The van der Waals surface area contributed by atoms with Crippen LogP contribution in [0.15, 0.2) is 54.6 Å². The molecule has 0 spiro atoms. The molecule has 0 saturated heterocycles. The van der Waals surface area contributed by atoms with Gasteiger partial charge in [-0.15, -0.1) is 0 Å². The molecule has 138 valence electrons. The Balaban J connectivity index is 2.56. The lowest BCUT2D eigenvalue weighted by atomic mass is 9.87. The first-order chi connectivity index (χ1) is 12.6. The fourth-order valence-electron chi connectivity index (χ4n) is 2.82. The molecular formula is C22H26O4. The Labute approximate surface area is 155 Å². The maximum atomic E-state index is 12.8. The number of esters is 1. The second-order valence-electron chi connectivity index (χ2n) is 6.11. The van der Waals surface area contributed by atoms with Gasteiger partial charge in [-0.05, 0) is 41.7 Å². The number of allylic oxidation sites excluding steroid dienone is 1. The van der Waals surface area contributed by atoms with Crippen LogP contribution >= 0.6 is 0 Å². The topological polar surface area (TPSA) is 44.8 Å². The van der Waals surface area contributed by atoms with Gasteiger partial charge in [0, 0.05) is 7.11 Å². The molecule has 0 bridgehead atoms. The van der Waals surface area contributed by atoms with E-state index < -0.39 is 0 Å². The van der Waals surface area contributed by atoms with Crippen LogP contribution in [0.2, 0.25) is 0 Å².